The van der Waals surface area contributed by atoms with E-state index >= 15 is 0 Å². The molecule has 60 valence electrons. The number of halogens is 2. The number of hydrogen-bond donors (Lipinski definition) is 0. The highest BCUT2D eigenvalue weighted by Crippen LogP contribution is 2.27. The molecule has 0 aliphatic rings. The van der Waals surface area contributed by atoms with Gasteiger partial charge in [-0.05, 0) is 12.8 Å². The largest absolute Gasteiger partial charge is 0.365 e. The molecule has 0 radical (unpaired) electrons. The van der Waals surface area contributed by atoms with Gasteiger partial charge in [0.15, 0.2) is 0 Å². The van der Waals surface area contributed by atoms with Crippen LogP contribution in [0.3, 0.4) is 0 Å². The second-order valence-electron chi connectivity index (χ2n) is 2.04. The van der Waals surface area contributed by atoms with E-state index in [0.29, 0.717) is 12.8 Å². The number of carbonyl (C=O) groups is 1. The third kappa shape index (κ3) is 1.94. The topological polar surface area (TPSA) is 26.3 Å². The van der Waals surface area contributed by atoms with Gasteiger partial charge < -0.3 is 0 Å². The third-order valence-corrected chi connectivity index (χ3v) is 3.00. The standard InChI is InChI=1S/C6H10BrFO2/c1-3-6(7,4-2)5(9)10-8/h3-4H2,1-2H3. The molecule has 0 N–H and O–H groups in total. The Morgan fingerprint density at radius 2 is 2.00 bits per heavy atom. The zero-order valence-corrected chi connectivity index (χ0v) is 7.57. The van der Waals surface area contributed by atoms with Gasteiger partial charge in [0.05, 0.1) is 0 Å². The second-order valence-corrected chi connectivity index (χ2v) is 3.55. The third-order valence-electron chi connectivity index (χ3n) is 1.56. The Bertz CT molecular complexity index is 123. The maximum absolute atomic E-state index is 11.4. The quantitative estimate of drug-likeness (QED) is 0.672. The predicted octanol–water partition coefficient (Wildman–Crippen LogP) is 2.37. The van der Waals surface area contributed by atoms with Crippen LogP contribution < -0.4 is 0 Å². The van der Waals surface area contributed by atoms with Crippen molar-refractivity contribution in [2.45, 2.75) is 31.0 Å². The van der Waals surface area contributed by atoms with Gasteiger partial charge in [0, 0.05) is 4.53 Å². The minimum absolute atomic E-state index is 0.520. The molecule has 0 amide bonds. The maximum atomic E-state index is 11.4. The first-order valence-corrected chi connectivity index (χ1v) is 3.92. The minimum atomic E-state index is -0.850. The Morgan fingerprint density at radius 3 is 2.10 bits per heavy atom. The van der Waals surface area contributed by atoms with Gasteiger partial charge in [-0.1, -0.05) is 29.8 Å². The van der Waals surface area contributed by atoms with E-state index < -0.39 is 10.3 Å². The lowest BCUT2D eigenvalue weighted by Crippen LogP contribution is -2.30. The van der Waals surface area contributed by atoms with Crippen molar-refractivity contribution >= 4 is 21.9 Å². The smallest absolute Gasteiger partial charge is 0.253 e. The molecule has 0 aromatic carbocycles. The average Bonchev–Trinajstić information content (AvgIpc) is 2.01. The van der Waals surface area contributed by atoms with Crippen molar-refractivity contribution in [1.29, 1.82) is 0 Å². The van der Waals surface area contributed by atoms with E-state index in [1.165, 1.54) is 0 Å². The van der Waals surface area contributed by atoms with Gasteiger partial charge in [-0.15, -0.1) is 0 Å². The molecule has 0 aromatic heterocycles. The zero-order chi connectivity index (χ0) is 8.20. The highest BCUT2D eigenvalue weighted by atomic mass is 79.9. The van der Waals surface area contributed by atoms with Crippen LogP contribution >= 0.6 is 15.9 Å². The Labute approximate surface area is 67.8 Å². The number of alkyl halides is 1. The molecule has 0 aliphatic carbocycles. The van der Waals surface area contributed by atoms with E-state index in [-0.39, 0.29) is 0 Å². The van der Waals surface area contributed by atoms with E-state index in [9.17, 15) is 9.32 Å². The van der Waals surface area contributed by atoms with E-state index in [4.69, 9.17) is 0 Å². The summed E-state index contributed by atoms with van der Waals surface area (Å²) in [4.78, 5) is 13.8. The van der Waals surface area contributed by atoms with Gasteiger partial charge in [-0.2, -0.15) is 0 Å². The van der Waals surface area contributed by atoms with E-state index in [1.54, 1.807) is 13.8 Å². The van der Waals surface area contributed by atoms with Crippen LogP contribution in [-0.2, 0) is 9.74 Å². The number of hydrogen-bond acceptors (Lipinski definition) is 2. The molecular formula is C6H10BrFO2. The molecule has 0 spiro atoms. The monoisotopic (exact) mass is 212 g/mol. The van der Waals surface area contributed by atoms with Gasteiger partial charge in [0.25, 0.3) is 0 Å². The fourth-order valence-electron chi connectivity index (χ4n) is 0.608. The fraction of sp³-hybridized carbons (Fsp3) is 0.833. The molecule has 0 rings (SSSR count). The van der Waals surface area contributed by atoms with Crippen molar-refractivity contribution in [3.8, 4) is 0 Å². The molecule has 0 atom stereocenters. The summed E-state index contributed by atoms with van der Waals surface area (Å²) in [6.07, 6.45) is 1.04. The van der Waals surface area contributed by atoms with Crippen LogP contribution in [0.15, 0.2) is 0 Å². The summed E-state index contributed by atoms with van der Waals surface area (Å²) >= 11 is 3.09. The molecule has 0 aromatic rings. The van der Waals surface area contributed by atoms with Gasteiger partial charge in [0.2, 0.25) is 0 Å². The van der Waals surface area contributed by atoms with Gasteiger partial charge in [0.1, 0.15) is 4.32 Å². The van der Waals surface area contributed by atoms with Crippen LogP contribution in [0.4, 0.5) is 4.53 Å². The van der Waals surface area contributed by atoms with Crippen molar-refractivity contribution in [2.24, 2.45) is 0 Å². The van der Waals surface area contributed by atoms with Crippen LogP contribution in [0.5, 0.6) is 0 Å². The lowest BCUT2D eigenvalue weighted by Gasteiger charge is -2.17. The van der Waals surface area contributed by atoms with E-state index in [1.807, 2.05) is 0 Å². The molecule has 2 nitrogen and oxygen atoms in total. The summed E-state index contributed by atoms with van der Waals surface area (Å²) in [5.41, 5.74) is 0. The van der Waals surface area contributed by atoms with Crippen LogP contribution in [0.25, 0.3) is 0 Å². The number of carbonyl (C=O) groups excluding carboxylic acids is 1. The minimum Gasteiger partial charge on any atom is -0.253 e. The summed E-state index contributed by atoms with van der Waals surface area (Å²) in [5.74, 6) is -0.850. The summed E-state index contributed by atoms with van der Waals surface area (Å²) in [6.45, 7) is 3.57. The molecule has 10 heavy (non-hydrogen) atoms. The highest BCUT2D eigenvalue weighted by Gasteiger charge is 2.34. The molecular weight excluding hydrogens is 203 g/mol. The lowest BCUT2D eigenvalue weighted by molar-refractivity contribution is -0.186. The highest BCUT2D eigenvalue weighted by molar-refractivity contribution is 9.10. The summed E-state index contributed by atoms with van der Waals surface area (Å²) in [5, 5.41) is 0. The van der Waals surface area contributed by atoms with Crippen LogP contribution in [0.2, 0.25) is 0 Å². The van der Waals surface area contributed by atoms with Gasteiger partial charge >= 0.3 is 5.97 Å². The molecule has 0 aliphatic heterocycles. The Balaban J connectivity index is 4.17. The Morgan fingerprint density at radius 1 is 1.60 bits per heavy atom. The molecule has 0 unspecified atom stereocenters. The SMILES string of the molecule is CCC(Br)(CC)C(=O)OF. The second kappa shape index (κ2) is 3.91. The first kappa shape index (κ1) is 9.88. The van der Waals surface area contributed by atoms with Gasteiger partial charge in [-0.25, -0.2) is 4.79 Å². The molecule has 0 bridgehead atoms. The van der Waals surface area contributed by atoms with E-state index in [0.717, 1.165) is 0 Å². The first-order valence-electron chi connectivity index (χ1n) is 3.12. The molecule has 0 fully saturated rings. The molecule has 0 saturated carbocycles. The summed E-state index contributed by atoms with van der Waals surface area (Å²) < 4.78 is 10.5. The molecule has 4 heteroatoms. The Kier molecular flexibility index (Phi) is 3.86. The fourth-order valence-corrected chi connectivity index (χ4v) is 0.669. The van der Waals surface area contributed by atoms with Crippen LogP contribution in [-0.4, -0.2) is 10.3 Å². The van der Waals surface area contributed by atoms with Crippen LogP contribution in [0, 0.1) is 0 Å². The van der Waals surface area contributed by atoms with E-state index in [2.05, 4.69) is 20.9 Å². The van der Waals surface area contributed by atoms with Crippen molar-refractivity contribution in [3.63, 3.8) is 0 Å². The maximum Gasteiger partial charge on any atom is 0.365 e. The number of rotatable bonds is 3. The van der Waals surface area contributed by atoms with Gasteiger partial charge in [-0.3, -0.25) is 4.94 Å². The van der Waals surface area contributed by atoms with Crippen molar-refractivity contribution < 1.29 is 14.3 Å². The normalized spacial score (nSPS) is 11.2. The van der Waals surface area contributed by atoms with Crippen molar-refractivity contribution in [3.05, 3.63) is 0 Å². The molecule has 0 saturated heterocycles. The summed E-state index contributed by atoms with van der Waals surface area (Å²) in [6, 6.07) is 0. The van der Waals surface area contributed by atoms with Crippen LogP contribution in [0.1, 0.15) is 26.7 Å². The molecule has 0 heterocycles. The zero-order valence-electron chi connectivity index (χ0n) is 5.99. The average molecular weight is 213 g/mol. The summed E-state index contributed by atoms with van der Waals surface area (Å²) in [7, 11) is 0. The van der Waals surface area contributed by atoms with Crippen molar-refractivity contribution in [2.75, 3.05) is 0 Å². The van der Waals surface area contributed by atoms with Crippen molar-refractivity contribution in [1.82, 2.24) is 0 Å². The predicted molar refractivity (Wildman–Crippen MR) is 39.4 cm³/mol. The first-order chi connectivity index (χ1) is 4.60. The lowest BCUT2D eigenvalue weighted by atomic mass is 10.0. The Hall–Kier alpha value is -0.120.